The van der Waals surface area contributed by atoms with Gasteiger partial charge >= 0.3 is 6.09 Å². The van der Waals surface area contributed by atoms with E-state index in [2.05, 4.69) is 16.6 Å². The third-order valence-electron chi connectivity index (χ3n) is 6.05. The highest BCUT2D eigenvalue weighted by atomic mass is 16.6. The zero-order chi connectivity index (χ0) is 26.7. The number of ether oxygens (including phenoxy) is 2. The van der Waals surface area contributed by atoms with E-state index in [0.717, 1.165) is 18.4 Å². The fourth-order valence-corrected chi connectivity index (χ4v) is 4.32. The molecule has 4 atom stereocenters. The molecule has 0 spiro atoms. The number of hydrogen-bond acceptors (Lipinski definition) is 5. The fraction of sp³-hybridized carbons (Fsp3) is 0.607. The van der Waals surface area contributed by atoms with Crippen LogP contribution < -0.4 is 10.6 Å². The minimum atomic E-state index is -0.764. The van der Waals surface area contributed by atoms with Crippen molar-refractivity contribution < 1.29 is 23.9 Å². The number of benzene rings is 1. The average molecular weight is 500 g/mol. The van der Waals surface area contributed by atoms with E-state index in [-0.39, 0.29) is 31.1 Å². The molecule has 2 rings (SSSR count). The molecule has 0 bridgehead atoms. The predicted molar refractivity (Wildman–Crippen MR) is 139 cm³/mol. The Morgan fingerprint density at radius 1 is 1.17 bits per heavy atom. The molecule has 2 N–H and O–H groups in total. The fourth-order valence-electron chi connectivity index (χ4n) is 4.32. The molecule has 3 amide bonds. The number of amides is 3. The van der Waals surface area contributed by atoms with Crippen LogP contribution in [0.4, 0.5) is 4.79 Å². The summed E-state index contributed by atoms with van der Waals surface area (Å²) in [4.78, 5) is 41.2. The van der Waals surface area contributed by atoms with Gasteiger partial charge in [0, 0.05) is 6.04 Å². The molecule has 1 fully saturated rings. The summed E-state index contributed by atoms with van der Waals surface area (Å²) in [6.07, 6.45) is 8.00. The summed E-state index contributed by atoms with van der Waals surface area (Å²) in [7, 11) is 0. The highest BCUT2D eigenvalue weighted by Gasteiger charge is 2.42. The lowest BCUT2D eigenvalue weighted by Gasteiger charge is -2.33. The molecule has 1 aliphatic rings. The van der Waals surface area contributed by atoms with Crippen LogP contribution in [-0.2, 0) is 19.1 Å². The number of alkyl carbamates (subject to hydrolysis) is 1. The normalized spacial score (nSPS) is 19.2. The van der Waals surface area contributed by atoms with Crippen molar-refractivity contribution in [3.8, 4) is 12.3 Å². The molecule has 0 unspecified atom stereocenters. The Labute approximate surface area is 215 Å². The van der Waals surface area contributed by atoms with Gasteiger partial charge in [0.1, 0.15) is 24.3 Å². The Hall–Kier alpha value is -3.05. The van der Waals surface area contributed by atoms with Gasteiger partial charge in [0.2, 0.25) is 11.8 Å². The van der Waals surface area contributed by atoms with Gasteiger partial charge in [-0.25, -0.2) is 4.79 Å². The van der Waals surface area contributed by atoms with Crippen molar-refractivity contribution in [3.63, 3.8) is 0 Å². The second kappa shape index (κ2) is 13.9. The summed E-state index contributed by atoms with van der Waals surface area (Å²) < 4.78 is 10.9. The van der Waals surface area contributed by atoms with E-state index < -0.39 is 29.8 Å². The van der Waals surface area contributed by atoms with Crippen LogP contribution in [0.3, 0.4) is 0 Å². The van der Waals surface area contributed by atoms with E-state index >= 15 is 0 Å². The minimum Gasteiger partial charge on any atom is -0.444 e. The maximum atomic E-state index is 13.7. The number of carbonyl (C=O) groups is 3. The lowest BCUT2D eigenvalue weighted by molar-refractivity contribution is -0.142. The number of hydrogen-bond donors (Lipinski definition) is 2. The SMILES string of the molecule is C#CCOC[C@@H](NC(=O)[C@@H]1CC[C@H](C)N1C(=O)[C@H](CCCC)NC(=O)OC(C)(C)C)c1ccccc1. The van der Waals surface area contributed by atoms with Crippen LogP contribution in [0.25, 0.3) is 0 Å². The van der Waals surface area contributed by atoms with Crippen molar-refractivity contribution >= 4 is 17.9 Å². The highest BCUT2D eigenvalue weighted by molar-refractivity contribution is 5.92. The van der Waals surface area contributed by atoms with Crippen molar-refractivity contribution in [2.24, 2.45) is 0 Å². The topological polar surface area (TPSA) is 97.0 Å². The Kier molecular flexibility index (Phi) is 11.3. The Bertz CT molecular complexity index is 906. The molecule has 0 saturated carbocycles. The number of terminal acetylenes is 1. The lowest BCUT2D eigenvalue weighted by Crippen LogP contribution is -2.56. The number of unbranched alkanes of at least 4 members (excludes halogenated alkanes) is 1. The van der Waals surface area contributed by atoms with Gasteiger partial charge in [0.15, 0.2) is 0 Å². The average Bonchev–Trinajstić information content (AvgIpc) is 3.21. The largest absolute Gasteiger partial charge is 0.444 e. The molecule has 8 nitrogen and oxygen atoms in total. The lowest BCUT2D eigenvalue weighted by atomic mass is 10.1. The molecule has 0 radical (unpaired) electrons. The van der Waals surface area contributed by atoms with E-state index in [9.17, 15) is 14.4 Å². The number of nitrogens with one attached hydrogen (secondary N) is 2. The second-order valence-electron chi connectivity index (χ2n) is 10.2. The Balaban J connectivity index is 2.19. The van der Waals surface area contributed by atoms with Crippen molar-refractivity contribution in [2.45, 2.75) is 96.5 Å². The molecule has 1 aromatic carbocycles. The molecule has 8 heteroatoms. The van der Waals surface area contributed by atoms with Crippen LogP contribution in [0.15, 0.2) is 30.3 Å². The van der Waals surface area contributed by atoms with Gasteiger partial charge in [-0.15, -0.1) is 6.42 Å². The summed E-state index contributed by atoms with van der Waals surface area (Å²) in [6.45, 7) is 9.63. The first kappa shape index (κ1) is 29.2. The van der Waals surface area contributed by atoms with Gasteiger partial charge in [-0.2, -0.15) is 0 Å². The van der Waals surface area contributed by atoms with Crippen LogP contribution in [0.1, 0.15) is 78.3 Å². The quantitative estimate of drug-likeness (QED) is 0.355. The molecular formula is C28H41N3O5. The van der Waals surface area contributed by atoms with Crippen LogP contribution in [-0.4, -0.2) is 59.7 Å². The molecule has 1 aromatic rings. The maximum absolute atomic E-state index is 13.7. The zero-order valence-corrected chi connectivity index (χ0v) is 22.2. The number of nitrogens with zero attached hydrogens (tertiary/aromatic N) is 1. The van der Waals surface area contributed by atoms with Crippen LogP contribution in [0, 0.1) is 12.3 Å². The van der Waals surface area contributed by atoms with E-state index in [1.165, 1.54) is 0 Å². The standard InChI is InChI=1S/C28H41N3O5/c1-7-9-15-22(30-27(34)36-28(4,5)6)26(33)31-20(3)16-17-24(31)25(32)29-23(19-35-18-8-2)21-13-11-10-12-14-21/h2,10-14,20,22-24H,7,9,15-19H2,1,3-6H3,(H,29,32)(H,30,34)/t20-,22-,23+,24-/m0/s1. The molecule has 0 aliphatic carbocycles. The summed E-state index contributed by atoms with van der Waals surface area (Å²) in [6, 6.07) is 7.56. The first-order valence-electron chi connectivity index (χ1n) is 12.8. The van der Waals surface area contributed by atoms with Crippen LogP contribution in [0.2, 0.25) is 0 Å². The number of carbonyl (C=O) groups excluding carboxylic acids is 3. The van der Waals surface area contributed by atoms with Gasteiger partial charge in [0.25, 0.3) is 0 Å². The van der Waals surface area contributed by atoms with Crippen molar-refractivity contribution in [2.75, 3.05) is 13.2 Å². The van der Waals surface area contributed by atoms with Gasteiger partial charge in [-0.3, -0.25) is 9.59 Å². The molecule has 1 heterocycles. The van der Waals surface area contributed by atoms with Gasteiger partial charge in [-0.05, 0) is 52.5 Å². The van der Waals surface area contributed by atoms with Crippen LogP contribution >= 0.6 is 0 Å². The van der Waals surface area contributed by atoms with E-state index in [0.29, 0.717) is 19.3 Å². The van der Waals surface area contributed by atoms with Gasteiger partial charge in [0.05, 0.1) is 12.6 Å². The third-order valence-corrected chi connectivity index (χ3v) is 6.05. The highest BCUT2D eigenvalue weighted by Crippen LogP contribution is 2.27. The number of likely N-dealkylation sites (tertiary alicyclic amines) is 1. The second-order valence-corrected chi connectivity index (χ2v) is 10.2. The molecule has 198 valence electrons. The van der Waals surface area contributed by atoms with Crippen molar-refractivity contribution in [1.29, 1.82) is 0 Å². The molecule has 1 aliphatic heterocycles. The van der Waals surface area contributed by atoms with Crippen LogP contribution in [0.5, 0.6) is 0 Å². The first-order valence-corrected chi connectivity index (χ1v) is 12.8. The van der Waals surface area contributed by atoms with E-state index in [1.807, 2.05) is 44.2 Å². The monoisotopic (exact) mass is 499 g/mol. The summed E-state index contributed by atoms with van der Waals surface area (Å²) >= 11 is 0. The molecule has 1 saturated heterocycles. The Morgan fingerprint density at radius 2 is 1.86 bits per heavy atom. The smallest absolute Gasteiger partial charge is 0.408 e. The van der Waals surface area contributed by atoms with Gasteiger partial charge in [-0.1, -0.05) is 56.0 Å². The predicted octanol–water partition coefficient (Wildman–Crippen LogP) is 3.96. The molecular weight excluding hydrogens is 458 g/mol. The van der Waals surface area contributed by atoms with E-state index in [1.54, 1.807) is 25.7 Å². The third kappa shape index (κ3) is 8.87. The number of rotatable bonds is 11. The summed E-state index contributed by atoms with van der Waals surface area (Å²) in [5.41, 5.74) is 0.207. The Morgan fingerprint density at radius 3 is 2.47 bits per heavy atom. The van der Waals surface area contributed by atoms with E-state index in [4.69, 9.17) is 15.9 Å². The van der Waals surface area contributed by atoms with Crippen molar-refractivity contribution in [1.82, 2.24) is 15.5 Å². The molecule has 36 heavy (non-hydrogen) atoms. The zero-order valence-electron chi connectivity index (χ0n) is 22.2. The van der Waals surface area contributed by atoms with Gasteiger partial charge < -0.3 is 25.0 Å². The summed E-state index contributed by atoms with van der Waals surface area (Å²) in [5, 5.41) is 5.80. The first-order chi connectivity index (χ1) is 17.1. The molecule has 0 aromatic heterocycles. The minimum absolute atomic E-state index is 0.134. The van der Waals surface area contributed by atoms with Crippen molar-refractivity contribution in [3.05, 3.63) is 35.9 Å². The maximum Gasteiger partial charge on any atom is 0.408 e. The summed E-state index contributed by atoms with van der Waals surface area (Å²) in [5.74, 6) is 1.92.